The lowest BCUT2D eigenvalue weighted by Crippen LogP contribution is -2.48. The summed E-state index contributed by atoms with van der Waals surface area (Å²) in [7, 11) is 1.68. The zero-order valence-electron chi connectivity index (χ0n) is 19.7. The maximum Gasteiger partial charge on any atom is 0.278 e. The van der Waals surface area contributed by atoms with Gasteiger partial charge in [0, 0.05) is 57.1 Å². The maximum absolute atomic E-state index is 11.3. The number of nitrogens with zero attached hydrogens (tertiary/aromatic N) is 5. The fourth-order valence-electron chi connectivity index (χ4n) is 4.24. The molecule has 0 aliphatic carbocycles. The Kier molecular flexibility index (Phi) is 7.76. The van der Waals surface area contributed by atoms with E-state index < -0.39 is 4.92 Å². The lowest BCUT2D eigenvalue weighted by atomic mass is 10.1. The molecule has 0 atom stereocenters. The molecule has 1 aliphatic heterocycles. The van der Waals surface area contributed by atoms with Gasteiger partial charge in [0.15, 0.2) is 5.76 Å². The molecule has 0 spiro atoms. The second-order valence-electron chi connectivity index (χ2n) is 8.35. The molecule has 9 heteroatoms. The first-order chi connectivity index (χ1) is 16.6. The minimum Gasteiger partial charge on any atom is -0.497 e. The normalized spacial score (nSPS) is 14.5. The van der Waals surface area contributed by atoms with E-state index in [0.717, 1.165) is 51.6 Å². The molecule has 34 heavy (non-hydrogen) atoms. The summed E-state index contributed by atoms with van der Waals surface area (Å²) in [6.45, 7) is 9.57. The molecule has 0 N–H and O–H groups in total. The number of nitro groups is 1. The number of methoxy groups -OCH3 is 1. The smallest absolute Gasteiger partial charge is 0.278 e. The summed E-state index contributed by atoms with van der Waals surface area (Å²) in [5.74, 6) is 1.59. The highest BCUT2D eigenvalue weighted by molar-refractivity contribution is 5.70. The van der Waals surface area contributed by atoms with Crippen molar-refractivity contribution in [1.29, 1.82) is 0 Å². The molecule has 0 unspecified atom stereocenters. The van der Waals surface area contributed by atoms with Crippen LogP contribution in [0.15, 0.2) is 59.1 Å². The second kappa shape index (κ2) is 11.1. The molecule has 0 radical (unpaired) electrons. The van der Waals surface area contributed by atoms with Gasteiger partial charge in [-0.25, -0.2) is 0 Å². The number of piperazine rings is 1. The van der Waals surface area contributed by atoms with Crippen LogP contribution in [0.3, 0.4) is 0 Å². The van der Waals surface area contributed by atoms with Gasteiger partial charge in [-0.2, -0.15) is 0 Å². The van der Waals surface area contributed by atoms with Gasteiger partial charge in [-0.1, -0.05) is 24.2 Å². The van der Waals surface area contributed by atoms with Crippen molar-refractivity contribution in [1.82, 2.24) is 15.0 Å². The third-order valence-electron chi connectivity index (χ3n) is 6.30. The number of hydrogen-bond acceptors (Lipinski definition) is 8. The Hall–Kier alpha value is -3.43. The number of ether oxygens (including phenoxy) is 1. The summed E-state index contributed by atoms with van der Waals surface area (Å²) in [6.07, 6.45) is 0. The van der Waals surface area contributed by atoms with Gasteiger partial charge in [0.25, 0.3) is 5.69 Å². The van der Waals surface area contributed by atoms with Gasteiger partial charge in [0.05, 0.1) is 24.1 Å². The monoisotopic (exact) mass is 465 g/mol. The molecule has 4 rings (SSSR count). The van der Waals surface area contributed by atoms with Crippen LogP contribution < -0.4 is 9.64 Å². The van der Waals surface area contributed by atoms with E-state index in [1.807, 2.05) is 12.1 Å². The van der Waals surface area contributed by atoms with E-state index in [9.17, 15) is 10.1 Å². The molecule has 1 aliphatic rings. The number of likely N-dealkylation sites (N-methyl/N-ethyl adjacent to an activating group) is 1. The van der Waals surface area contributed by atoms with E-state index in [2.05, 4.69) is 38.9 Å². The van der Waals surface area contributed by atoms with Crippen molar-refractivity contribution < 1.29 is 14.2 Å². The molecule has 9 nitrogen and oxygen atoms in total. The van der Waals surface area contributed by atoms with E-state index in [0.29, 0.717) is 23.6 Å². The highest BCUT2D eigenvalue weighted by atomic mass is 16.6. The standard InChI is InChI=1S/C25H31N5O4/c1-3-27(19-22-18-24(26-34-22)23-6-4-5-7-25(23)30(31)32)12-13-28-14-16-29(17-15-28)20-8-10-21(33-2)11-9-20/h4-11,18H,3,12-17,19H2,1-2H3. The van der Waals surface area contributed by atoms with Crippen LogP contribution in [-0.2, 0) is 6.54 Å². The number of anilines is 1. The van der Waals surface area contributed by atoms with Gasteiger partial charge >= 0.3 is 0 Å². The van der Waals surface area contributed by atoms with E-state index >= 15 is 0 Å². The SMILES string of the molecule is CCN(CCN1CCN(c2ccc(OC)cc2)CC1)Cc1cc(-c2ccccc2[N+](=O)[O-])no1. The second-order valence-corrected chi connectivity index (χ2v) is 8.35. The molecule has 1 fully saturated rings. The third kappa shape index (κ3) is 5.73. The molecular weight excluding hydrogens is 434 g/mol. The first-order valence-electron chi connectivity index (χ1n) is 11.6. The van der Waals surface area contributed by atoms with Gasteiger partial charge in [-0.3, -0.25) is 19.9 Å². The predicted octanol–water partition coefficient (Wildman–Crippen LogP) is 3.90. The minimum absolute atomic E-state index is 0.0310. The Labute approximate surface area is 199 Å². The lowest BCUT2D eigenvalue weighted by Gasteiger charge is -2.37. The van der Waals surface area contributed by atoms with E-state index in [4.69, 9.17) is 9.26 Å². The number of aromatic nitrogens is 1. The molecule has 1 saturated heterocycles. The van der Waals surface area contributed by atoms with Crippen molar-refractivity contribution in [2.45, 2.75) is 13.5 Å². The Morgan fingerprint density at radius 2 is 1.85 bits per heavy atom. The van der Waals surface area contributed by atoms with Crippen molar-refractivity contribution >= 4 is 11.4 Å². The summed E-state index contributed by atoms with van der Waals surface area (Å²) in [6, 6.07) is 16.6. The number of benzene rings is 2. The summed E-state index contributed by atoms with van der Waals surface area (Å²) in [5.41, 5.74) is 2.23. The lowest BCUT2D eigenvalue weighted by molar-refractivity contribution is -0.384. The number of nitro benzene ring substituents is 1. The first kappa shape index (κ1) is 23.7. The fraction of sp³-hybridized carbons (Fsp3) is 0.400. The highest BCUT2D eigenvalue weighted by Crippen LogP contribution is 2.29. The van der Waals surface area contributed by atoms with Crippen LogP contribution in [0.25, 0.3) is 11.3 Å². The molecule has 0 saturated carbocycles. The van der Waals surface area contributed by atoms with Crippen molar-refractivity contribution in [2.24, 2.45) is 0 Å². The average molecular weight is 466 g/mol. The molecule has 0 bridgehead atoms. The highest BCUT2D eigenvalue weighted by Gasteiger charge is 2.20. The summed E-state index contributed by atoms with van der Waals surface area (Å²) < 4.78 is 10.8. The molecule has 2 aromatic carbocycles. The topological polar surface area (TPSA) is 88.1 Å². The van der Waals surface area contributed by atoms with Crippen LogP contribution in [0.4, 0.5) is 11.4 Å². The van der Waals surface area contributed by atoms with E-state index in [-0.39, 0.29) is 5.69 Å². The zero-order valence-corrected chi connectivity index (χ0v) is 19.7. The van der Waals surface area contributed by atoms with Gasteiger partial charge in [0.2, 0.25) is 0 Å². The minimum atomic E-state index is -0.392. The van der Waals surface area contributed by atoms with Crippen molar-refractivity contribution in [3.05, 3.63) is 70.5 Å². The van der Waals surface area contributed by atoms with Crippen LogP contribution >= 0.6 is 0 Å². The van der Waals surface area contributed by atoms with E-state index in [1.54, 1.807) is 31.4 Å². The molecule has 0 amide bonds. The summed E-state index contributed by atoms with van der Waals surface area (Å²) in [5, 5.41) is 15.4. The van der Waals surface area contributed by atoms with E-state index in [1.165, 1.54) is 11.8 Å². The van der Waals surface area contributed by atoms with Crippen molar-refractivity contribution in [3.8, 4) is 17.0 Å². The molecule has 2 heterocycles. The van der Waals surface area contributed by atoms with Gasteiger partial charge < -0.3 is 14.2 Å². The van der Waals surface area contributed by atoms with Crippen LogP contribution in [0.5, 0.6) is 5.75 Å². The third-order valence-corrected chi connectivity index (χ3v) is 6.30. The largest absolute Gasteiger partial charge is 0.497 e. The zero-order chi connectivity index (χ0) is 23.9. The Bertz CT molecular complexity index is 1080. The van der Waals surface area contributed by atoms with Crippen LogP contribution in [0, 0.1) is 10.1 Å². The van der Waals surface area contributed by atoms with Crippen molar-refractivity contribution in [2.75, 3.05) is 57.8 Å². The van der Waals surface area contributed by atoms with Crippen LogP contribution in [0.2, 0.25) is 0 Å². The maximum atomic E-state index is 11.3. The van der Waals surface area contributed by atoms with Gasteiger partial charge in [0.1, 0.15) is 11.4 Å². The first-order valence-corrected chi connectivity index (χ1v) is 11.6. The van der Waals surface area contributed by atoms with Crippen LogP contribution in [0.1, 0.15) is 12.7 Å². The van der Waals surface area contributed by atoms with Gasteiger partial charge in [-0.15, -0.1) is 0 Å². The summed E-state index contributed by atoms with van der Waals surface area (Å²) >= 11 is 0. The number of hydrogen-bond donors (Lipinski definition) is 0. The Morgan fingerprint density at radius 1 is 1.12 bits per heavy atom. The Balaban J connectivity index is 1.27. The molecule has 1 aromatic heterocycles. The van der Waals surface area contributed by atoms with Crippen molar-refractivity contribution in [3.63, 3.8) is 0 Å². The molecule has 3 aromatic rings. The quantitative estimate of drug-likeness (QED) is 0.329. The average Bonchev–Trinajstić information content (AvgIpc) is 3.35. The Morgan fingerprint density at radius 3 is 2.53 bits per heavy atom. The number of rotatable bonds is 10. The van der Waals surface area contributed by atoms with Crippen LogP contribution in [-0.4, -0.2) is 72.8 Å². The van der Waals surface area contributed by atoms with Gasteiger partial charge in [-0.05, 0) is 36.9 Å². The summed E-state index contributed by atoms with van der Waals surface area (Å²) in [4.78, 5) is 18.1. The fourth-order valence-corrected chi connectivity index (χ4v) is 4.24. The molecule has 180 valence electrons. The predicted molar refractivity (Wildman–Crippen MR) is 131 cm³/mol. The number of para-hydroxylation sites is 1. The molecular formula is C25H31N5O4.